The van der Waals surface area contributed by atoms with Crippen molar-refractivity contribution >= 4 is 6.71 Å². The number of hydrogen-bond acceptors (Lipinski definition) is 0. The Hall–Kier alpha value is 0.0649. The third-order valence-electron chi connectivity index (χ3n) is 8.68. The summed E-state index contributed by atoms with van der Waals surface area (Å²) in [6.07, 6.45) is 15.5. The Morgan fingerprint density at radius 1 is 0.952 bits per heavy atom. The van der Waals surface area contributed by atoms with E-state index < -0.39 is 0 Å². The lowest BCUT2D eigenvalue weighted by Crippen LogP contribution is -2.56. The van der Waals surface area contributed by atoms with Crippen molar-refractivity contribution < 1.29 is 0 Å². The Morgan fingerprint density at radius 2 is 1.62 bits per heavy atom. The quantitative estimate of drug-likeness (QED) is 0.523. The molecule has 4 bridgehead atoms. The summed E-state index contributed by atoms with van der Waals surface area (Å²) in [5, 5.41) is 0. The maximum absolute atomic E-state index is 2.59. The van der Waals surface area contributed by atoms with Gasteiger partial charge in [0.15, 0.2) is 0 Å². The number of rotatable bonds is 3. The summed E-state index contributed by atoms with van der Waals surface area (Å²) in [6.45, 7) is 8.75. The molecule has 0 aromatic carbocycles. The average molecular weight is 286 g/mol. The van der Waals surface area contributed by atoms with Crippen molar-refractivity contribution in [3.63, 3.8) is 0 Å². The van der Waals surface area contributed by atoms with E-state index in [2.05, 4.69) is 20.8 Å². The van der Waals surface area contributed by atoms with E-state index in [0.29, 0.717) is 5.41 Å². The zero-order chi connectivity index (χ0) is 14.6. The van der Waals surface area contributed by atoms with E-state index in [1.165, 1.54) is 12.8 Å². The monoisotopic (exact) mass is 286 g/mol. The van der Waals surface area contributed by atoms with Gasteiger partial charge in [0.25, 0.3) is 0 Å². The largest absolute Gasteiger partial charge is 0.149 e. The number of fused-ring (bicyclic) bond motifs is 5. The predicted octanol–water partition coefficient (Wildman–Crippen LogP) is 6.44. The highest BCUT2D eigenvalue weighted by Gasteiger charge is 2.60. The van der Waals surface area contributed by atoms with E-state index in [1.807, 2.05) is 0 Å². The normalized spacial score (nSPS) is 47.9. The van der Waals surface area contributed by atoms with Crippen LogP contribution < -0.4 is 0 Å². The van der Waals surface area contributed by atoms with Gasteiger partial charge in [-0.1, -0.05) is 96.0 Å². The fraction of sp³-hybridized carbons (Fsp3) is 1.00. The Balaban J connectivity index is 1.59. The Labute approximate surface area is 132 Å². The fourth-order valence-corrected chi connectivity index (χ4v) is 7.56. The van der Waals surface area contributed by atoms with Crippen LogP contribution in [0.1, 0.15) is 85.0 Å². The van der Waals surface area contributed by atoms with Gasteiger partial charge < -0.3 is 0 Å². The van der Waals surface area contributed by atoms with Gasteiger partial charge in [-0.3, -0.25) is 0 Å². The van der Waals surface area contributed by atoms with Crippen LogP contribution in [0.3, 0.4) is 0 Å². The average Bonchev–Trinajstić information content (AvgIpc) is 2.72. The minimum atomic E-state index is 0.681. The molecular weight excluding hydrogens is 251 g/mol. The van der Waals surface area contributed by atoms with Gasteiger partial charge in [-0.25, -0.2) is 0 Å². The lowest BCUT2D eigenvalue weighted by Gasteiger charge is -2.64. The summed E-state index contributed by atoms with van der Waals surface area (Å²) < 4.78 is 0. The molecule has 6 atom stereocenters. The molecule has 2 saturated heterocycles. The smallest absolute Gasteiger partial charge is 0.0654 e. The standard InChI is InChI=1S/C20H35B/c1-4-7-17-18-12-14(20(18,2)3)13-19(17)21-15-8-5-6-9-16(21)11-10-15/h14-19H,4-13H2,1-3H3/t14-,15-,16+,17?,18+,19+/m0/s1. The van der Waals surface area contributed by atoms with Gasteiger partial charge in [0.05, 0.1) is 0 Å². The summed E-state index contributed by atoms with van der Waals surface area (Å²) in [4.78, 5) is 0. The molecule has 3 saturated carbocycles. The molecule has 118 valence electrons. The van der Waals surface area contributed by atoms with Crippen molar-refractivity contribution in [2.45, 2.75) is 102 Å². The molecule has 5 aliphatic rings. The molecule has 2 aliphatic heterocycles. The van der Waals surface area contributed by atoms with Crippen molar-refractivity contribution in [2.24, 2.45) is 23.2 Å². The molecule has 0 aromatic heterocycles. The molecule has 0 radical (unpaired) electrons. The van der Waals surface area contributed by atoms with Gasteiger partial charge in [-0.2, -0.15) is 0 Å². The van der Waals surface area contributed by atoms with Crippen LogP contribution >= 0.6 is 0 Å². The summed E-state index contributed by atoms with van der Waals surface area (Å²) in [5.74, 6) is 6.61. The molecule has 0 amide bonds. The minimum absolute atomic E-state index is 0.681. The van der Waals surface area contributed by atoms with Crippen LogP contribution in [0.25, 0.3) is 0 Å². The molecular formula is C20H35B. The molecule has 0 nitrogen and oxygen atoms in total. The van der Waals surface area contributed by atoms with E-state index in [1.54, 1.807) is 51.4 Å². The van der Waals surface area contributed by atoms with Crippen molar-refractivity contribution in [1.29, 1.82) is 0 Å². The highest BCUT2D eigenvalue weighted by molar-refractivity contribution is 6.64. The molecule has 1 unspecified atom stereocenters. The van der Waals surface area contributed by atoms with Crippen LogP contribution in [0.15, 0.2) is 0 Å². The summed E-state index contributed by atoms with van der Waals surface area (Å²) in [5.41, 5.74) is 0.681. The van der Waals surface area contributed by atoms with Crippen LogP contribution in [-0.2, 0) is 0 Å². The first-order valence-corrected chi connectivity index (χ1v) is 10.1. The Kier molecular flexibility index (Phi) is 3.70. The number of hydrogen-bond donors (Lipinski definition) is 0. The zero-order valence-corrected chi connectivity index (χ0v) is 14.6. The topological polar surface area (TPSA) is 0 Å². The van der Waals surface area contributed by atoms with Crippen LogP contribution in [0, 0.1) is 23.2 Å². The van der Waals surface area contributed by atoms with E-state index in [-0.39, 0.29) is 0 Å². The molecule has 0 spiro atoms. The summed E-state index contributed by atoms with van der Waals surface area (Å²) in [6, 6.07) is 0. The second kappa shape index (κ2) is 5.31. The minimum Gasteiger partial charge on any atom is -0.0654 e. The second-order valence-electron chi connectivity index (χ2n) is 9.67. The Bertz CT molecular complexity index is 373. The SMILES string of the molecule is CCCC1[C@H]2C[C@@H](C[C@H]1B1[C@@H]3CCCC[C@H]1CC3)C2(C)C. The Morgan fingerprint density at radius 3 is 2.19 bits per heavy atom. The molecule has 5 rings (SSSR count). The van der Waals surface area contributed by atoms with Crippen molar-refractivity contribution in [1.82, 2.24) is 0 Å². The van der Waals surface area contributed by atoms with Crippen LogP contribution in [0.5, 0.6) is 0 Å². The summed E-state index contributed by atoms with van der Waals surface area (Å²) >= 11 is 0. The molecule has 1 heteroatoms. The van der Waals surface area contributed by atoms with E-state index >= 15 is 0 Å². The first kappa shape index (κ1) is 14.6. The third-order valence-corrected chi connectivity index (χ3v) is 8.68. The van der Waals surface area contributed by atoms with E-state index in [0.717, 1.165) is 41.9 Å². The molecule has 0 N–H and O–H groups in total. The van der Waals surface area contributed by atoms with Gasteiger partial charge in [0, 0.05) is 0 Å². The highest BCUT2D eigenvalue weighted by atomic mass is 14.6. The van der Waals surface area contributed by atoms with Crippen molar-refractivity contribution in [2.75, 3.05) is 0 Å². The maximum atomic E-state index is 2.59. The van der Waals surface area contributed by atoms with E-state index in [4.69, 9.17) is 0 Å². The molecule has 2 heterocycles. The van der Waals surface area contributed by atoms with E-state index in [9.17, 15) is 0 Å². The van der Waals surface area contributed by atoms with Gasteiger partial charge >= 0.3 is 0 Å². The van der Waals surface area contributed by atoms with Crippen molar-refractivity contribution in [3.05, 3.63) is 0 Å². The highest BCUT2D eigenvalue weighted by Crippen LogP contribution is 2.69. The fourth-order valence-electron chi connectivity index (χ4n) is 7.56. The first-order valence-electron chi connectivity index (χ1n) is 10.1. The maximum Gasteiger partial charge on any atom is 0.149 e. The molecule has 0 aromatic rings. The third kappa shape index (κ3) is 2.16. The predicted molar refractivity (Wildman–Crippen MR) is 93.1 cm³/mol. The summed E-state index contributed by atoms with van der Waals surface area (Å²) in [7, 11) is 0. The first-order chi connectivity index (χ1) is 10.1. The molecule has 3 aliphatic carbocycles. The van der Waals surface area contributed by atoms with Gasteiger partial charge in [-0.15, -0.1) is 0 Å². The van der Waals surface area contributed by atoms with Gasteiger partial charge in [-0.05, 0) is 29.6 Å². The van der Waals surface area contributed by atoms with Gasteiger partial charge in [0.1, 0.15) is 6.71 Å². The lowest BCUT2D eigenvalue weighted by molar-refractivity contribution is -0.107. The lowest BCUT2D eigenvalue weighted by atomic mass is 9.23. The molecule has 21 heavy (non-hydrogen) atoms. The van der Waals surface area contributed by atoms with Gasteiger partial charge in [0.2, 0.25) is 0 Å². The van der Waals surface area contributed by atoms with Crippen LogP contribution in [-0.4, -0.2) is 6.71 Å². The van der Waals surface area contributed by atoms with Crippen LogP contribution in [0.2, 0.25) is 17.5 Å². The zero-order valence-electron chi connectivity index (χ0n) is 14.6. The molecule has 5 fully saturated rings. The second-order valence-corrected chi connectivity index (χ2v) is 9.67. The van der Waals surface area contributed by atoms with Crippen LogP contribution in [0.4, 0.5) is 0 Å². The van der Waals surface area contributed by atoms with Crippen molar-refractivity contribution in [3.8, 4) is 0 Å².